The van der Waals surface area contributed by atoms with Gasteiger partial charge in [-0.05, 0) is 92.0 Å². The maximum Gasteiger partial charge on any atom is 0.161 e. The Balaban J connectivity index is 1.06. The third-order valence-electron chi connectivity index (χ3n) is 10.3. The van der Waals surface area contributed by atoms with E-state index in [2.05, 4.69) is 206 Å². The minimum atomic E-state index is 0.724. The first kappa shape index (κ1) is 32.7. The van der Waals surface area contributed by atoms with E-state index < -0.39 is 0 Å². The maximum absolute atomic E-state index is 5.34. The lowest BCUT2D eigenvalue weighted by atomic mass is 9.92. The Hall–Kier alpha value is -6.94. The fraction of sp³-hybridized carbons (Fsp3) is 0. The van der Waals surface area contributed by atoms with Gasteiger partial charge in [0, 0.05) is 26.6 Å². The van der Waals surface area contributed by atoms with Crippen LogP contribution in [-0.4, -0.2) is 9.97 Å². The average molecular weight is 719 g/mol. The van der Waals surface area contributed by atoms with Crippen LogP contribution in [0.4, 0.5) is 0 Å². The monoisotopic (exact) mass is 718 g/mol. The normalized spacial score (nSPS) is 11.3. The van der Waals surface area contributed by atoms with Crippen molar-refractivity contribution in [3.05, 3.63) is 206 Å². The van der Waals surface area contributed by atoms with Gasteiger partial charge in [0.1, 0.15) is 4.83 Å². The molecule has 0 aliphatic rings. The van der Waals surface area contributed by atoms with Crippen molar-refractivity contribution in [1.29, 1.82) is 0 Å². The van der Waals surface area contributed by atoms with Gasteiger partial charge in [-0.25, -0.2) is 9.97 Å². The topological polar surface area (TPSA) is 25.8 Å². The number of fused-ring (bicyclic) bond motifs is 3. The number of thiophene rings is 1. The molecule has 0 saturated carbocycles. The highest BCUT2D eigenvalue weighted by atomic mass is 32.1. The molecular weight excluding hydrogens is 685 g/mol. The van der Waals surface area contributed by atoms with E-state index in [1.807, 2.05) is 0 Å². The molecule has 8 aromatic carbocycles. The van der Waals surface area contributed by atoms with Crippen molar-refractivity contribution in [3.8, 4) is 78.3 Å². The Morgan fingerprint density at radius 2 is 0.691 bits per heavy atom. The number of benzene rings is 8. The summed E-state index contributed by atoms with van der Waals surface area (Å²) in [4.78, 5) is 11.6. The summed E-state index contributed by atoms with van der Waals surface area (Å²) in [5, 5.41) is 2.29. The van der Waals surface area contributed by atoms with Crippen LogP contribution in [0.2, 0.25) is 0 Å². The predicted molar refractivity (Wildman–Crippen MR) is 233 cm³/mol. The summed E-state index contributed by atoms with van der Waals surface area (Å²) in [6.07, 6.45) is 0. The SMILES string of the molecule is c1ccc(-c2ccc(-c3nc(-c4cccc(-c5cccc(-c6cc(-c7ccccc7)cc(-c7ccccc7)c6)c5)c4)nc4sc5ccccc5c34)cc2)cc1. The van der Waals surface area contributed by atoms with E-state index in [1.165, 1.54) is 54.6 Å². The van der Waals surface area contributed by atoms with E-state index in [9.17, 15) is 0 Å². The van der Waals surface area contributed by atoms with Crippen molar-refractivity contribution in [1.82, 2.24) is 9.97 Å². The van der Waals surface area contributed by atoms with Crippen molar-refractivity contribution in [2.24, 2.45) is 0 Å². The molecule has 0 unspecified atom stereocenters. The molecule has 0 saturated heterocycles. The van der Waals surface area contributed by atoms with Gasteiger partial charge >= 0.3 is 0 Å². The van der Waals surface area contributed by atoms with Crippen LogP contribution in [0, 0.1) is 0 Å². The minimum Gasteiger partial charge on any atom is -0.227 e. The van der Waals surface area contributed by atoms with Crippen molar-refractivity contribution in [3.63, 3.8) is 0 Å². The summed E-state index contributed by atoms with van der Waals surface area (Å²) < 4.78 is 1.21. The minimum absolute atomic E-state index is 0.724. The van der Waals surface area contributed by atoms with E-state index in [4.69, 9.17) is 9.97 Å². The maximum atomic E-state index is 5.34. The van der Waals surface area contributed by atoms with Gasteiger partial charge < -0.3 is 0 Å². The molecule has 3 heteroatoms. The second-order valence-electron chi connectivity index (χ2n) is 13.8. The van der Waals surface area contributed by atoms with Gasteiger partial charge in [0.05, 0.1) is 5.69 Å². The summed E-state index contributed by atoms with van der Waals surface area (Å²) in [5.74, 6) is 0.724. The van der Waals surface area contributed by atoms with Crippen LogP contribution in [-0.2, 0) is 0 Å². The molecule has 2 heterocycles. The van der Waals surface area contributed by atoms with Gasteiger partial charge in [0.25, 0.3) is 0 Å². The molecule has 0 atom stereocenters. The molecule has 0 spiro atoms. The first-order valence-electron chi connectivity index (χ1n) is 18.6. The molecule has 0 aliphatic carbocycles. The van der Waals surface area contributed by atoms with Gasteiger partial charge in [-0.15, -0.1) is 11.3 Å². The molecule has 10 rings (SSSR count). The molecule has 258 valence electrons. The Morgan fingerprint density at radius 1 is 0.291 bits per heavy atom. The largest absolute Gasteiger partial charge is 0.227 e. The van der Waals surface area contributed by atoms with Crippen molar-refractivity contribution in [2.45, 2.75) is 0 Å². The van der Waals surface area contributed by atoms with Gasteiger partial charge in [0.2, 0.25) is 0 Å². The quantitative estimate of drug-likeness (QED) is 0.164. The van der Waals surface area contributed by atoms with Crippen LogP contribution in [0.15, 0.2) is 206 Å². The van der Waals surface area contributed by atoms with Crippen LogP contribution in [0.1, 0.15) is 0 Å². The van der Waals surface area contributed by atoms with Crippen molar-refractivity contribution in [2.75, 3.05) is 0 Å². The highest BCUT2D eigenvalue weighted by Gasteiger charge is 2.17. The van der Waals surface area contributed by atoms with E-state index >= 15 is 0 Å². The molecule has 2 nitrogen and oxygen atoms in total. The predicted octanol–water partition coefficient (Wildman–Crippen LogP) is 14.5. The second-order valence-corrected chi connectivity index (χ2v) is 14.8. The summed E-state index contributed by atoms with van der Waals surface area (Å²) in [5.41, 5.74) is 14.8. The molecule has 10 aromatic rings. The Labute approximate surface area is 324 Å². The zero-order chi connectivity index (χ0) is 36.6. The van der Waals surface area contributed by atoms with E-state index in [1.54, 1.807) is 11.3 Å². The molecular formula is C52H34N2S. The van der Waals surface area contributed by atoms with E-state index in [0.29, 0.717) is 0 Å². The van der Waals surface area contributed by atoms with Gasteiger partial charge in [-0.1, -0.05) is 170 Å². The molecule has 0 bridgehead atoms. The Bertz CT molecular complexity index is 2890. The second kappa shape index (κ2) is 14.1. The third-order valence-corrected chi connectivity index (χ3v) is 11.4. The van der Waals surface area contributed by atoms with E-state index in [0.717, 1.165) is 44.0 Å². The lowest BCUT2D eigenvalue weighted by Crippen LogP contribution is -1.94. The molecule has 0 aliphatic heterocycles. The number of hydrogen-bond acceptors (Lipinski definition) is 3. The van der Waals surface area contributed by atoms with Gasteiger partial charge in [-0.3, -0.25) is 0 Å². The van der Waals surface area contributed by atoms with Crippen LogP contribution < -0.4 is 0 Å². The zero-order valence-corrected chi connectivity index (χ0v) is 30.7. The molecule has 0 N–H and O–H groups in total. The third kappa shape index (κ3) is 6.41. The standard InChI is InChI=1S/C52H34N2S/c1-4-14-35(15-5-1)38-26-28-39(29-27-38)50-49-47-24-10-11-25-48(47)55-52(49)54-51(53-50)43-23-13-21-41(31-43)40-20-12-22-42(30-40)46-33-44(36-16-6-2-7-17-36)32-45(34-46)37-18-8-3-9-19-37/h1-34H. The number of rotatable bonds is 7. The first-order valence-corrected chi connectivity index (χ1v) is 19.4. The fourth-order valence-corrected chi connectivity index (χ4v) is 8.59. The first-order chi connectivity index (χ1) is 27.2. The zero-order valence-electron chi connectivity index (χ0n) is 29.9. The molecule has 55 heavy (non-hydrogen) atoms. The Kier molecular flexibility index (Phi) is 8.40. The summed E-state index contributed by atoms with van der Waals surface area (Å²) in [6, 6.07) is 73.5. The van der Waals surface area contributed by atoms with Crippen LogP contribution >= 0.6 is 11.3 Å². The molecule has 0 amide bonds. The summed E-state index contributed by atoms with van der Waals surface area (Å²) in [7, 11) is 0. The summed E-state index contributed by atoms with van der Waals surface area (Å²) >= 11 is 1.73. The number of nitrogens with zero attached hydrogens (tertiary/aromatic N) is 2. The van der Waals surface area contributed by atoms with E-state index in [-0.39, 0.29) is 0 Å². The Morgan fingerprint density at radius 3 is 1.29 bits per heavy atom. The van der Waals surface area contributed by atoms with Crippen LogP contribution in [0.3, 0.4) is 0 Å². The molecule has 2 aromatic heterocycles. The lowest BCUT2D eigenvalue weighted by molar-refractivity contribution is 1.24. The van der Waals surface area contributed by atoms with Crippen molar-refractivity contribution < 1.29 is 0 Å². The molecule has 0 fully saturated rings. The van der Waals surface area contributed by atoms with Crippen molar-refractivity contribution >= 4 is 31.6 Å². The smallest absolute Gasteiger partial charge is 0.161 e. The average Bonchev–Trinajstić information content (AvgIpc) is 3.66. The number of aromatic nitrogens is 2. The number of hydrogen-bond donors (Lipinski definition) is 0. The van der Waals surface area contributed by atoms with Crippen LogP contribution in [0.5, 0.6) is 0 Å². The van der Waals surface area contributed by atoms with Gasteiger partial charge in [0.15, 0.2) is 5.82 Å². The fourth-order valence-electron chi connectivity index (χ4n) is 7.52. The highest BCUT2D eigenvalue weighted by Crippen LogP contribution is 2.41. The highest BCUT2D eigenvalue weighted by molar-refractivity contribution is 7.25. The molecule has 0 radical (unpaired) electrons. The van der Waals surface area contributed by atoms with Gasteiger partial charge in [-0.2, -0.15) is 0 Å². The van der Waals surface area contributed by atoms with Crippen LogP contribution in [0.25, 0.3) is 98.6 Å². The lowest BCUT2D eigenvalue weighted by Gasteiger charge is -2.13. The summed E-state index contributed by atoms with van der Waals surface area (Å²) in [6.45, 7) is 0.